The number of methoxy groups -OCH3 is 4. The Bertz CT molecular complexity index is 221. The summed E-state index contributed by atoms with van der Waals surface area (Å²) in [4.78, 5) is 11.0. The number of carboxylic acid groups (broad SMARTS) is 1. The number of hydrogen-bond donors (Lipinski definition) is 2. The molecule has 0 bridgehead atoms. The maximum Gasteiger partial charge on any atom is 0.335 e. The highest BCUT2D eigenvalue weighted by molar-refractivity contribution is 5.73. The monoisotopic (exact) mass is 251 g/mol. The molecule has 0 saturated heterocycles. The van der Waals surface area contributed by atoms with Crippen LogP contribution in [0.3, 0.4) is 0 Å². The van der Waals surface area contributed by atoms with E-state index in [1.165, 1.54) is 28.4 Å². The summed E-state index contributed by atoms with van der Waals surface area (Å²) >= 11 is 0. The van der Waals surface area contributed by atoms with Crippen LogP contribution in [0.5, 0.6) is 0 Å². The number of nitrogens with two attached hydrogens (primary N) is 1. The van der Waals surface area contributed by atoms with Crippen molar-refractivity contribution in [2.75, 3.05) is 35.0 Å². The minimum atomic E-state index is -1.14. The maximum atomic E-state index is 11.0. The highest BCUT2D eigenvalue weighted by Crippen LogP contribution is 2.15. The van der Waals surface area contributed by atoms with Gasteiger partial charge in [-0.3, -0.25) is 0 Å². The summed E-state index contributed by atoms with van der Waals surface area (Å²) in [6.45, 7) is 0.185. The average molecular weight is 251 g/mol. The number of ether oxygens (including phenoxy) is 4. The van der Waals surface area contributed by atoms with Gasteiger partial charge in [-0.25, -0.2) is 4.79 Å². The van der Waals surface area contributed by atoms with E-state index in [-0.39, 0.29) is 6.54 Å². The predicted molar refractivity (Wildman–Crippen MR) is 59.9 cm³/mol. The van der Waals surface area contributed by atoms with Gasteiger partial charge >= 0.3 is 5.97 Å². The number of carbonyl (C=O) groups is 1. The number of carboxylic acids is 1. The molecular formula is C10H21NO6. The SMILES string of the molecule is CO[C@H]([C@H](OC)[C@@H](OC)C(=O)O)[C@@H](CN)OC. The van der Waals surface area contributed by atoms with E-state index in [9.17, 15) is 4.79 Å². The van der Waals surface area contributed by atoms with E-state index in [4.69, 9.17) is 29.8 Å². The minimum absolute atomic E-state index is 0.185. The number of hydrogen-bond acceptors (Lipinski definition) is 6. The first kappa shape index (κ1) is 16.3. The van der Waals surface area contributed by atoms with Crippen molar-refractivity contribution in [2.45, 2.75) is 24.4 Å². The van der Waals surface area contributed by atoms with Crippen LogP contribution in [0.2, 0.25) is 0 Å². The molecule has 0 rings (SSSR count). The van der Waals surface area contributed by atoms with Crippen molar-refractivity contribution >= 4 is 5.97 Å². The Morgan fingerprint density at radius 1 is 1.06 bits per heavy atom. The number of rotatable bonds is 9. The molecule has 0 aliphatic rings. The highest BCUT2D eigenvalue weighted by atomic mass is 16.6. The molecule has 0 unspecified atom stereocenters. The van der Waals surface area contributed by atoms with E-state index in [1.807, 2.05) is 0 Å². The fourth-order valence-electron chi connectivity index (χ4n) is 1.67. The predicted octanol–water partition coefficient (Wildman–Crippen LogP) is -0.910. The largest absolute Gasteiger partial charge is 0.479 e. The van der Waals surface area contributed by atoms with E-state index in [0.717, 1.165) is 0 Å². The zero-order chi connectivity index (χ0) is 13.4. The van der Waals surface area contributed by atoms with Crippen LogP contribution in [-0.4, -0.2) is 70.5 Å². The first-order chi connectivity index (χ1) is 8.06. The van der Waals surface area contributed by atoms with E-state index in [2.05, 4.69) is 0 Å². The summed E-state index contributed by atoms with van der Waals surface area (Å²) in [6, 6.07) is 0. The summed E-state index contributed by atoms with van der Waals surface area (Å²) in [5.41, 5.74) is 5.52. The molecule has 0 saturated carbocycles. The van der Waals surface area contributed by atoms with E-state index in [1.54, 1.807) is 0 Å². The molecule has 7 heteroatoms. The van der Waals surface area contributed by atoms with Crippen LogP contribution in [0, 0.1) is 0 Å². The second-order valence-electron chi connectivity index (χ2n) is 3.41. The first-order valence-corrected chi connectivity index (χ1v) is 5.11. The van der Waals surface area contributed by atoms with Gasteiger partial charge in [0.25, 0.3) is 0 Å². The van der Waals surface area contributed by atoms with Gasteiger partial charge < -0.3 is 29.8 Å². The molecule has 0 aliphatic carbocycles. The molecular weight excluding hydrogens is 230 g/mol. The fraction of sp³-hybridized carbons (Fsp3) is 0.900. The summed E-state index contributed by atoms with van der Waals surface area (Å²) < 4.78 is 20.4. The van der Waals surface area contributed by atoms with Crippen LogP contribution in [0.15, 0.2) is 0 Å². The van der Waals surface area contributed by atoms with Crippen LogP contribution < -0.4 is 5.73 Å². The molecule has 0 radical (unpaired) electrons. The van der Waals surface area contributed by atoms with Crippen molar-refractivity contribution < 1.29 is 28.8 Å². The molecule has 0 amide bonds. The Morgan fingerprint density at radius 2 is 1.59 bits per heavy atom. The van der Waals surface area contributed by atoms with Gasteiger partial charge in [-0.05, 0) is 0 Å². The van der Waals surface area contributed by atoms with Crippen molar-refractivity contribution in [3.05, 3.63) is 0 Å². The molecule has 0 heterocycles. The lowest BCUT2D eigenvalue weighted by atomic mass is 10.0. The molecule has 0 aromatic heterocycles. The minimum Gasteiger partial charge on any atom is -0.479 e. The Morgan fingerprint density at radius 3 is 1.82 bits per heavy atom. The third kappa shape index (κ3) is 4.21. The van der Waals surface area contributed by atoms with Gasteiger partial charge in [0.15, 0.2) is 6.10 Å². The van der Waals surface area contributed by atoms with Gasteiger partial charge in [0, 0.05) is 35.0 Å². The van der Waals surface area contributed by atoms with Crippen LogP contribution in [0.25, 0.3) is 0 Å². The third-order valence-corrected chi connectivity index (χ3v) is 2.57. The van der Waals surface area contributed by atoms with Crippen molar-refractivity contribution in [3.63, 3.8) is 0 Å². The lowest BCUT2D eigenvalue weighted by Gasteiger charge is -2.32. The third-order valence-electron chi connectivity index (χ3n) is 2.57. The standard InChI is InChI=1S/C10H21NO6/c1-14-6(5-11)7(15-2)8(16-3)9(17-4)10(12)13/h6-9H,5,11H2,1-4H3,(H,12,13)/t6-,7+,8+,9-/m1/s1. The van der Waals surface area contributed by atoms with Crippen LogP contribution in [0.1, 0.15) is 0 Å². The summed E-state index contributed by atoms with van der Waals surface area (Å²) in [7, 11) is 5.59. The molecule has 4 atom stereocenters. The Balaban J connectivity index is 4.95. The maximum absolute atomic E-state index is 11.0. The van der Waals surface area contributed by atoms with Crippen LogP contribution in [-0.2, 0) is 23.7 Å². The molecule has 0 aliphatic heterocycles. The van der Waals surface area contributed by atoms with Gasteiger partial charge in [-0.15, -0.1) is 0 Å². The molecule has 102 valence electrons. The summed E-state index contributed by atoms with van der Waals surface area (Å²) in [6.07, 6.45) is -3.05. The van der Waals surface area contributed by atoms with Gasteiger partial charge in [-0.1, -0.05) is 0 Å². The lowest BCUT2D eigenvalue weighted by molar-refractivity contribution is -0.176. The Kier molecular flexibility index (Phi) is 8.01. The topological polar surface area (TPSA) is 100 Å². The fourth-order valence-corrected chi connectivity index (χ4v) is 1.67. The summed E-state index contributed by atoms with van der Waals surface area (Å²) in [5.74, 6) is -1.13. The summed E-state index contributed by atoms with van der Waals surface area (Å²) in [5, 5.41) is 9.01. The van der Waals surface area contributed by atoms with E-state index in [0.29, 0.717) is 0 Å². The quantitative estimate of drug-likeness (QED) is 0.547. The van der Waals surface area contributed by atoms with Crippen LogP contribution in [0.4, 0.5) is 0 Å². The smallest absolute Gasteiger partial charge is 0.335 e. The van der Waals surface area contributed by atoms with Crippen molar-refractivity contribution in [3.8, 4) is 0 Å². The van der Waals surface area contributed by atoms with E-state index < -0.39 is 30.4 Å². The normalized spacial score (nSPS) is 18.4. The average Bonchev–Trinajstić information content (AvgIpc) is 2.33. The van der Waals surface area contributed by atoms with Crippen molar-refractivity contribution in [2.24, 2.45) is 5.73 Å². The molecule has 0 spiro atoms. The molecule has 0 fully saturated rings. The Hall–Kier alpha value is -0.730. The zero-order valence-corrected chi connectivity index (χ0v) is 10.6. The second kappa shape index (κ2) is 8.37. The molecule has 0 aromatic rings. The first-order valence-electron chi connectivity index (χ1n) is 5.11. The molecule has 0 aromatic carbocycles. The van der Waals surface area contributed by atoms with Gasteiger partial charge in [0.05, 0.1) is 6.10 Å². The lowest BCUT2D eigenvalue weighted by Crippen LogP contribution is -2.52. The second-order valence-corrected chi connectivity index (χ2v) is 3.41. The zero-order valence-electron chi connectivity index (χ0n) is 10.6. The van der Waals surface area contributed by atoms with E-state index >= 15 is 0 Å². The van der Waals surface area contributed by atoms with Crippen LogP contribution >= 0.6 is 0 Å². The molecule has 7 nitrogen and oxygen atoms in total. The highest BCUT2D eigenvalue weighted by Gasteiger charge is 2.39. The molecule has 3 N–H and O–H groups in total. The van der Waals surface area contributed by atoms with Gasteiger partial charge in [0.1, 0.15) is 12.2 Å². The molecule has 17 heavy (non-hydrogen) atoms. The van der Waals surface area contributed by atoms with Crippen molar-refractivity contribution in [1.29, 1.82) is 0 Å². The van der Waals surface area contributed by atoms with Crippen molar-refractivity contribution in [1.82, 2.24) is 0 Å². The van der Waals surface area contributed by atoms with Gasteiger partial charge in [-0.2, -0.15) is 0 Å². The Labute approximate surface area is 101 Å². The number of aliphatic carboxylic acids is 1. The van der Waals surface area contributed by atoms with Gasteiger partial charge in [0.2, 0.25) is 0 Å².